The summed E-state index contributed by atoms with van der Waals surface area (Å²) in [4.78, 5) is 28.2. The van der Waals surface area contributed by atoms with Gasteiger partial charge in [-0.3, -0.25) is 14.9 Å². The lowest BCUT2D eigenvalue weighted by atomic mass is 10.1. The molecule has 2 aliphatic rings. The van der Waals surface area contributed by atoms with E-state index in [0.29, 0.717) is 11.6 Å². The lowest BCUT2D eigenvalue weighted by molar-refractivity contribution is -0.122. The number of benzene rings is 1. The van der Waals surface area contributed by atoms with Gasteiger partial charge < -0.3 is 9.32 Å². The van der Waals surface area contributed by atoms with Gasteiger partial charge in [0.15, 0.2) is 11.0 Å². The molecule has 2 fully saturated rings. The van der Waals surface area contributed by atoms with E-state index in [4.69, 9.17) is 16.6 Å². The zero-order valence-corrected chi connectivity index (χ0v) is 15.1. The lowest BCUT2D eigenvalue weighted by Gasteiger charge is -2.28. The first kappa shape index (κ1) is 17.4. The second kappa shape index (κ2) is 6.96. The Labute approximate surface area is 160 Å². The van der Waals surface area contributed by atoms with E-state index in [1.54, 1.807) is 12.1 Å². The maximum absolute atomic E-state index is 14.1. The van der Waals surface area contributed by atoms with Crippen molar-refractivity contribution >= 4 is 46.8 Å². The van der Waals surface area contributed by atoms with Crippen LogP contribution in [0.5, 0.6) is 0 Å². The van der Waals surface area contributed by atoms with Crippen molar-refractivity contribution in [1.82, 2.24) is 5.32 Å². The number of anilines is 2. The molecule has 3 heterocycles. The average molecular weight is 385 g/mol. The van der Waals surface area contributed by atoms with Crippen LogP contribution in [0.25, 0.3) is 6.08 Å². The zero-order valence-electron chi connectivity index (χ0n) is 14.3. The minimum atomic E-state index is -0.701. The minimum absolute atomic E-state index is 0.0180. The lowest BCUT2D eigenvalue weighted by Crippen LogP contribution is -2.54. The largest absolute Gasteiger partial charge is 0.441 e. The summed E-state index contributed by atoms with van der Waals surface area (Å²) in [5, 5.41) is 2.27. The van der Waals surface area contributed by atoms with Crippen molar-refractivity contribution in [1.29, 1.82) is 0 Å². The molecule has 1 aromatic heterocycles. The first-order chi connectivity index (χ1) is 13.0. The number of carbonyl (C=O) groups is 2. The summed E-state index contributed by atoms with van der Waals surface area (Å²) in [6.07, 6.45) is 3.56. The summed E-state index contributed by atoms with van der Waals surface area (Å²) < 4.78 is 19.9. The molecule has 2 aliphatic heterocycles. The van der Waals surface area contributed by atoms with Crippen LogP contribution in [-0.4, -0.2) is 30.0 Å². The number of rotatable bonds is 3. The van der Waals surface area contributed by atoms with E-state index in [-0.39, 0.29) is 16.4 Å². The number of hydrogen-bond donors (Lipinski definition) is 1. The molecule has 1 aromatic carbocycles. The number of nitrogens with one attached hydrogen (secondary N) is 1. The third-order valence-corrected chi connectivity index (χ3v) is 4.80. The van der Waals surface area contributed by atoms with Gasteiger partial charge in [0.25, 0.3) is 11.8 Å². The molecule has 0 saturated carbocycles. The maximum Gasteiger partial charge on any atom is 0.270 e. The molecule has 2 aromatic rings. The van der Waals surface area contributed by atoms with Gasteiger partial charge in [-0.15, -0.1) is 0 Å². The molecule has 2 amide bonds. The van der Waals surface area contributed by atoms with Gasteiger partial charge in [-0.25, -0.2) is 9.29 Å². The van der Waals surface area contributed by atoms with Crippen LogP contribution in [0.15, 0.2) is 46.4 Å². The topological polar surface area (TPSA) is 65.8 Å². The first-order valence-electron chi connectivity index (χ1n) is 8.55. The molecule has 27 heavy (non-hydrogen) atoms. The number of halogens is 1. The fourth-order valence-corrected chi connectivity index (χ4v) is 3.45. The van der Waals surface area contributed by atoms with Gasteiger partial charge in [0.05, 0.1) is 5.69 Å². The third kappa shape index (κ3) is 3.23. The average Bonchev–Trinajstić information content (AvgIpc) is 3.31. The molecule has 4 rings (SSSR count). The predicted molar refractivity (Wildman–Crippen MR) is 103 cm³/mol. The Kier molecular flexibility index (Phi) is 4.49. The summed E-state index contributed by atoms with van der Waals surface area (Å²) >= 11 is 5.07. The molecular weight excluding hydrogens is 369 g/mol. The standard InChI is InChI=1S/C19H16FN3O3S/c20-14-5-1-2-6-15(14)23-18(25)13(17(24)21-19(23)27)11-12-7-8-16(26-12)22-9-3-4-10-22/h1-2,5-8,11H,3-4,9-10H2,(H,21,24,27). The molecule has 138 valence electrons. The Balaban J connectivity index is 1.66. The molecule has 0 aliphatic carbocycles. The summed E-state index contributed by atoms with van der Waals surface area (Å²) in [6.45, 7) is 1.83. The highest BCUT2D eigenvalue weighted by Crippen LogP contribution is 2.27. The van der Waals surface area contributed by atoms with Gasteiger partial charge in [-0.2, -0.15) is 0 Å². The molecule has 0 atom stereocenters. The normalized spacial score (nSPS) is 19.1. The summed E-state index contributed by atoms with van der Waals surface area (Å²) in [6, 6.07) is 9.24. The number of para-hydroxylation sites is 1. The number of hydrogen-bond acceptors (Lipinski definition) is 5. The van der Waals surface area contributed by atoms with Crippen LogP contribution in [-0.2, 0) is 9.59 Å². The van der Waals surface area contributed by atoms with E-state index in [1.165, 1.54) is 24.3 Å². The van der Waals surface area contributed by atoms with Crippen LogP contribution in [0.3, 0.4) is 0 Å². The number of nitrogens with zero attached hydrogens (tertiary/aromatic N) is 2. The van der Waals surface area contributed by atoms with Crippen LogP contribution >= 0.6 is 12.2 Å². The summed E-state index contributed by atoms with van der Waals surface area (Å²) in [5.74, 6) is -0.885. The zero-order chi connectivity index (χ0) is 19.0. The molecule has 0 spiro atoms. The van der Waals surface area contributed by atoms with E-state index in [0.717, 1.165) is 30.8 Å². The smallest absolute Gasteiger partial charge is 0.270 e. The Morgan fingerprint density at radius 2 is 1.85 bits per heavy atom. The Bertz CT molecular complexity index is 963. The second-order valence-electron chi connectivity index (χ2n) is 6.28. The molecule has 8 heteroatoms. The van der Waals surface area contributed by atoms with Crippen LogP contribution in [0.2, 0.25) is 0 Å². The number of furan rings is 1. The Hall–Kier alpha value is -3.00. The molecular formula is C19H16FN3O3S. The SMILES string of the molecule is O=C1NC(=S)N(c2ccccc2F)C(=O)C1=Cc1ccc(N2CCCC2)o1. The predicted octanol–water partition coefficient (Wildman–Crippen LogP) is 2.85. The van der Waals surface area contributed by atoms with Gasteiger partial charge in [0, 0.05) is 19.2 Å². The number of thiocarbonyl (C=S) groups is 1. The minimum Gasteiger partial charge on any atom is -0.441 e. The second-order valence-corrected chi connectivity index (χ2v) is 6.67. The number of carbonyl (C=O) groups excluding carboxylic acids is 2. The molecule has 0 unspecified atom stereocenters. The van der Waals surface area contributed by atoms with Crippen LogP contribution < -0.4 is 15.1 Å². The van der Waals surface area contributed by atoms with Gasteiger partial charge in [-0.1, -0.05) is 12.1 Å². The van der Waals surface area contributed by atoms with E-state index in [2.05, 4.69) is 10.2 Å². The molecule has 0 radical (unpaired) electrons. The summed E-state index contributed by atoms with van der Waals surface area (Å²) in [7, 11) is 0. The summed E-state index contributed by atoms with van der Waals surface area (Å²) in [5.41, 5.74) is -0.190. The van der Waals surface area contributed by atoms with Gasteiger partial charge >= 0.3 is 0 Å². The third-order valence-electron chi connectivity index (χ3n) is 4.51. The molecule has 0 bridgehead atoms. The highest BCUT2D eigenvalue weighted by atomic mass is 32.1. The number of amides is 2. The van der Waals surface area contributed by atoms with Gasteiger partial charge in [0.2, 0.25) is 0 Å². The first-order valence-corrected chi connectivity index (χ1v) is 8.96. The molecule has 6 nitrogen and oxygen atoms in total. The van der Waals surface area contributed by atoms with Gasteiger partial charge in [-0.05, 0) is 49.3 Å². The van der Waals surface area contributed by atoms with Crippen molar-refractivity contribution in [2.75, 3.05) is 22.9 Å². The highest BCUT2D eigenvalue weighted by molar-refractivity contribution is 7.80. The van der Waals surface area contributed by atoms with E-state index in [1.807, 2.05) is 6.07 Å². The van der Waals surface area contributed by atoms with Gasteiger partial charge in [0.1, 0.15) is 17.2 Å². The molecule has 2 saturated heterocycles. The van der Waals surface area contributed by atoms with Crippen molar-refractivity contribution < 1.29 is 18.4 Å². The quantitative estimate of drug-likeness (QED) is 0.500. The van der Waals surface area contributed by atoms with Crippen molar-refractivity contribution in [3.05, 3.63) is 53.5 Å². The maximum atomic E-state index is 14.1. The molecule has 1 N–H and O–H groups in total. The Morgan fingerprint density at radius 1 is 1.11 bits per heavy atom. The van der Waals surface area contributed by atoms with Crippen molar-refractivity contribution in [2.24, 2.45) is 0 Å². The van der Waals surface area contributed by atoms with Crippen LogP contribution in [0.4, 0.5) is 16.0 Å². The van der Waals surface area contributed by atoms with Crippen LogP contribution in [0.1, 0.15) is 18.6 Å². The highest BCUT2D eigenvalue weighted by Gasteiger charge is 2.36. The fraction of sp³-hybridized carbons (Fsp3) is 0.211. The van der Waals surface area contributed by atoms with E-state index in [9.17, 15) is 14.0 Å². The van der Waals surface area contributed by atoms with Crippen molar-refractivity contribution in [3.63, 3.8) is 0 Å². The van der Waals surface area contributed by atoms with Crippen LogP contribution in [0, 0.1) is 5.82 Å². The monoisotopic (exact) mass is 385 g/mol. The van der Waals surface area contributed by atoms with Crippen molar-refractivity contribution in [2.45, 2.75) is 12.8 Å². The van der Waals surface area contributed by atoms with E-state index >= 15 is 0 Å². The Morgan fingerprint density at radius 3 is 2.59 bits per heavy atom. The van der Waals surface area contributed by atoms with Crippen molar-refractivity contribution in [3.8, 4) is 0 Å². The van der Waals surface area contributed by atoms with E-state index < -0.39 is 17.6 Å². The fourth-order valence-electron chi connectivity index (χ4n) is 3.18.